The predicted octanol–water partition coefficient (Wildman–Crippen LogP) is 4.71. The minimum absolute atomic E-state index is 0.121. The van der Waals surface area contributed by atoms with E-state index in [0.717, 1.165) is 10.4 Å². The average molecular weight is 622 g/mol. The number of nitriles is 1. The van der Waals surface area contributed by atoms with E-state index in [1.165, 1.54) is 11.3 Å². The zero-order chi connectivity index (χ0) is 31.8. The van der Waals surface area contributed by atoms with E-state index >= 15 is 0 Å². The van der Waals surface area contributed by atoms with Gasteiger partial charge in [-0.1, -0.05) is 36.4 Å². The van der Waals surface area contributed by atoms with Crippen molar-refractivity contribution in [2.45, 2.75) is 18.9 Å². The molecule has 3 N–H and O–H groups in total. The second kappa shape index (κ2) is 14.3. The van der Waals surface area contributed by atoms with E-state index in [4.69, 9.17) is 5.26 Å². The van der Waals surface area contributed by atoms with Crippen molar-refractivity contribution < 1.29 is 24.3 Å². The van der Waals surface area contributed by atoms with Crippen LogP contribution in [0.25, 0.3) is 0 Å². The van der Waals surface area contributed by atoms with Crippen LogP contribution < -0.4 is 15.5 Å². The van der Waals surface area contributed by atoms with Crippen molar-refractivity contribution >= 4 is 46.4 Å². The Morgan fingerprint density at radius 2 is 1.60 bits per heavy atom. The number of hydrogen-bond acceptors (Lipinski definition) is 7. The Bertz CT molecular complexity index is 1710. The number of rotatable bonds is 10. The summed E-state index contributed by atoms with van der Waals surface area (Å²) in [5.74, 6) is -1.87. The first-order valence-electron chi connectivity index (χ1n) is 14.4. The van der Waals surface area contributed by atoms with Crippen LogP contribution in [0, 0.1) is 11.3 Å². The molecule has 0 spiro atoms. The van der Waals surface area contributed by atoms with Crippen molar-refractivity contribution in [3.8, 4) is 6.07 Å². The maximum absolute atomic E-state index is 13.4. The Morgan fingerprint density at radius 1 is 0.889 bits per heavy atom. The van der Waals surface area contributed by atoms with E-state index in [-0.39, 0.29) is 30.2 Å². The number of nitrogens with one attached hydrogen (secondary N) is 2. The Labute approximate surface area is 264 Å². The van der Waals surface area contributed by atoms with Gasteiger partial charge in [-0.05, 0) is 59.5 Å². The summed E-state index contributed by atoms with van der Waals surface area (Å²) < 4.78 is 0. The van der Waals surface area contributed by atoms with Crippen LogP contribution in [0.4, 0.5) is 11.4 Å². The van der Waals surface area contributed by atoms with E-state index in [0.29, 0.717) is 48.7 Å². The van der Waals surface area contributed by atoms with Crippen LogP contribution in [0.1, 0.15) is 49.2 Å². The number of thiophene rings is 1. The molecule has 1 saturated heterocycles. The van der Waals surface area contributed by atoms with Crippen LogP contribution in [0.15, 0.2) is 90.3 Å². The zero-order valence-electron chi connectivity index (χ0n) is 24.3. The number of nitrogens with zero attached hydrogens (tertiary/aromatic N) is 3. The lowest BCUT2D eigenvalue weighted by Gasteiger charge is -2.37. The van der Waals surface area contributed by atoms with Crippen molar-refractivity contribution in [3.63, 3.8) is 0 Å². The van der Waals surface area contributed by atoms with E-state index < -0.39 is 17.9 Å². The fraction of sp³-hybridized carbons (Fsp3) is 0.206. The second-order valence-corrected chi connectivity index (χ2v) is 11.5. The number of carboxylic acid groups (broad SMARTS) is 1. The fourth-order valence-electron chi connectivity index (χ4n) is 5.18. The number of aliphatic carboxylic acids is 1. The van der Waals surface area contributed by atoms with Crippen LogP contribution in [0.3, 0.4) is 0 Å². The van der Waals surface area contributed by atoms with Crippen molar-refractivity contribution in [2.24, 2.45) is 0 Å². The molecule has 0 bridgehead atoms. The molecule has 0 saturated carbocycles. The fourth-order valence-corrected chi connectivity index (χ4v) is 5.96. The van der Waals surface area contributed by atoms with Crippen LogP contribution in [0.5, 0.6) is 0 Å². The van der Waals surface area contributed by atoms with Crippen molar-refractivity contribution in [2.75, 3.05) is 36.4 Å². The lowest BCUT2D eigenvalue weighted by atomic mass is 10.1. The molecule has 1 aliphatic rings. The van der Waals surface area contributed by atoms with Gasteiger partial charge in [0.15, 0.2) is 0 Å². The highest BCUT2D eigenvalue weighted by Gasteiger charge is 2.26. The number of carbonyl (C=O) groups excluding carboxylic acids is 3. The number of anilines is 2. The van der Waals surface area contributed by atoms with Crippen LogP contribution in [-0.2, 0) is 16.0 Å². The summed E-state index contributed by atoms with van der Waals surface area (Å²) in [7, 11) is 0. The number of piperazine rings is 1. The molecule has 0 aliphatic carbocycles. The van der Waals surface area contributed by atoms with E-state index in [9.17, 15) is 24.3 Å². The molecule has 1 unspecified atom stereocenters. The standard InChI is InChI=1S/C34H31N5O5S/c35-22-24-8-10-25(11-9-24)34(44)39-16-14-38(15-17-39)29-13-12-26(20-27(29)36-31(40)19-23-5-2-1-3-6-23)33(43)37-28(21-32(41)42)30-7-4-18-45-30/h1-13,18,20,28H,14-17,19,21H2,(H,36,40)(H,37,43)(H,41,42). The molecule has 228 valence electrons. The third-order valence-corrected chi connectivity index (χ3v) is 8.47. The summed E-state index contributed by atoms with van der Waals surface area (Å²) in [4.78, 5) is 55.6. The third-order valence-electron chi connectivity index (χ3n) is 7.48. The molecule has 2 heterocycles. The van der Waals surface area contributed by atoms with Crippen molar-refractivity contribution in [3.05, 3.63) is 117 Å². The monoisotopic (exact) mass is 621 g/mol. The second-order valence-electron chi connectivity index (χ2n) is 10.6. The van der Waals surface area contributed by atoms with Crippen LogP contribution in [0.2, 0.25) is 0 Å². The molecule has 10 nitrogen and oxygen atoms in total. The highest BCUT2D eigenvalue weighted by atomic mass is 32.1. The van der Waals surface area contributed by atoms with Gasteiger partial charge >= 0.3 is 5.97 Å². The maximum atomic E-state index is 13.4. The molecule has 1 atom stereocenters. The van der Waals surface area contributed by atoms with E-state index in [1.807, 2.05) is 35.7 Å². The van der Waals surface area contributed by atoms with Crippen LogP contribution >= 0.6 is 11.3 Å². The molecule has 11 heteroatoms. The van der Waals surface area contributed by atoms with Gasteiger partial charge in [-0.25, -0.2) is 0 Å². The van der Waals surface area contributed by atoms with Gasteiger partial charge in [0.25, 0.3) is 11.8 Å². The van der Waals surface area contributed by atoms with Gasteiger partial charge in [-0.3, -0.25) is 19.2 Å². The SMILES string of the molecule is N#Cc1ccc(C(=O)N2CCN(c3ccc(C(=O)NC(CC(=O)O)c4cccs4)cc3NC(=O)Cc3ccccc3)CC2)cc1. The Balaban J connectivity index is 1.34. The summed E-state index contributed by atoms with van der Waals surface area (Å²) in [6, 6.07) is 25.8. The summed E-state index contributed by atoms with van der Waals surface area (Å²) in [6.45, 7) is 1.87. The Morgan fingerprint density at radius 3 is 2.24 bits per heavy atom. The topological polar surface area (TPSA) is 143 Å². The predicted molar refractivity (Wildman–Crippen MR) is 171 cm³/mol. The molecular weight excluding hydrogens is 590 g/mol. The minimum Gasteiger partial charge on any atom is -0.481 e. The smallest absolute Gasteiger partial charge is 0.305 e. The molecule has 3 aromatic carbocycles. The first kappa shape index (κ1) is 31.0. The van der Waals surface area contributed by atoms with Gasteiger partial charge in [0.05, 0.1) is 41.9 Å². The summed E-state index contributed by atoms with van der Waals surface area (Å²) in [5, 5.41) is 26.1. The number of benzene rings is 3. The van der Waals surface area contributed by atoms with Gasteiger partial charge in [-0.15, -0.1) is 11.3 Å². The van der Waals surface area contributed by atoms with Gasteiger partial charge in [0, 0.05) is 42.2 Å². The van der Waals surface area contributed by atoms with Crippen molar-refractivity contribution in [1.82, 2.24) is 10.2 Å². The van der Waals surface area contributed by atoms with Gasteiger partial charge in [0.2, 0.25) is 5.91 Å². The quantitative estimate of drug-likeness (QED) is 0.233. The molecule has 3 amide bonds. The molecule has 1 fully saturated rings. The van der Waals surface area contributed by atoms with E-state index in [1.54, 1.807) is 59.5 Å². The number of hydrogen-bond donors (Lipinski definition) is 3. The summed E-state index contributed by atoms with van der Waals surface area (Å²) >= 11 is 1.36. The molecule has 1 aromatic heterocycles. The number of amides is 3. The molecule has 1 aliphatic heterocycles. The average Bonchev–Trinajstić information content (AvgIpc) is 3.60. The summed E-state index contributed by atoms with van der Waals surface area (Å²) in [5.41, 5.74) is 3.26. The first-order chi connectivity index (χ1) is 21.8. The zero-order valence-corrected chi connectivity index (χ0v) is 25.1. The Kier molecular flexibility index (Phi) is 9.87. The lowest BCUT2D eigenvalue weighted by Crippen LogP contribution is -2.49. The molecule has 45 heavy (non-hydrogen) atoms. The lowest BCUT2D eigenvalue weighted by molar-refractivity contribution is -0.137. The minimum atomic E-state index is -1.03. The highest BCUT2D eigenvalue weighted by Crippen LogP contribution is 2.30. The molecular formula is C34H31N5O5S. The number of carboxylic acids is 1. The summed E-state index contributed by atoms with van der Waals surface area (Å²) in [6.07, 6.45) is -0.126. The Hall–Kier alpha value is -5.47. The normalized spacial score (nSPS) is 13.4. The molecule has 0 radical (unpaired) electrons. The van der Waals surface area contributed by atoms with E-state index in [2.05, 4.69) is 21.6 Å². The van der Waals surface area contributed by atoms with Crippen LogP contribution in [-0.4, -0.2) is 59.9 Å². The van der Waals surface area contributed by atoms with Gasteiger partial charge < -0.3 is 25.5 Å². The van der Waals surface area contributed by atoms with Gasteiger partial charge in [0.1, 0.15) is 0 Å². The van der Waals surface area contributed by atoms with Crippen molar-refractivity contribution in [1.29, 1.82) is 5.26 Å². The number of carbonyl (C=O) groups is 4. The molecule has 4 aromatic rings. The van der Waals surface area contributed by atoms with Gasteiger partial charge in [-0.2, -0.15) is 5.26 Å². The highest BCUT2D eigenvalue weighted by molar-refractivity contribution is 7.10. The maximum Gasteiger partial charge on any atom is 0.305 e. The third kappa shape index (κ3) is 7.93. The molecule has 5 rings (SSSR count). The first-order valence-corrected chi connectivity index (χ1v) is 15.3. The largest absolute Gasteiger partial charge is 0.481 e.